The fourth-order valence-electron chi connectivity index (χ4n) is 3.57. The number of hydrogen-bond donors (Lipinski definition) is 2. The van der Waals surface area contributed by atoms with Gasteiger partial charge in [-0.3, -0.25) is 0 Å². The first-order chi connectivity index (χ1) is 10.2. The van der Waals surface area contributed by atoms with Crippen LogP contribution in [0.5, 0.6) is 5.75 Å². The largest absolute Gasteiger partial charge is 0.490 e. The van der Waals surface area contributed by atoms with Crippen molar-refractivity contribution in [3.63, 3.8) is 0 Å². The molecule has 1 heterocycles. The fourth-order valence-corrected chi connectivity index (χ4v) is 3.57. The molecule has 3 rings (SSSR count). The quantitative estimate of drug-likeness (QED) is 0.831. The summed E-state index contributed by atoms with van der Waals surface area (Å²) in [5, 5.41) is 18.5. The summed E-state index contributed by atoms with van der Waals surface area (Å²) in [6, 6.07) is 7.05. The molecule has 1 atom stereocenters. The zero-order valence-electron chi connectivity index (χ0n) is 12.3. The monoisotopic (exact) mass is 290 g/mol. The lowest BCUT2D eigenvalue weighted by molar-refractivity contribution is -0.129. The molecule has 0 amide bonds. The highest BCUT2D eigenvalue weighted by Crippen LogP contribution is 2.39. The Morgan fingerprint density at radius 3 is 2.76 bits per heavy atom. The van der Waals surface area contributed by atoms with Gasteiger partial charge in [-0.1, -0.05) is 31.4 Å². The van der Waals surface area contributed by atoms with Gasteiger partial charge in [-0.15, -0.1) is 0 Å². The molecule has 2 fully saturated rings. The summed E-state index contributed by atoms with van der Waals surface area (Å²) in [4.78, 5) is 0. The molecule has 1 aliphatic carbocycles. The molecule has 2 N–H and O–H groups in total. The maximum Gasteiger partial charge on any atom is 0.488 e. The SMILES string of the molecule is OB(O)c1cccc(OC2CCOC3(CCCCC3)C2)c1. The van der Waals surface area contributed by atoms with Crippen molar-refractivity contribution in [2.24, 2.45) is 0 Å². The van der Waals surface area contributed by atoms with E-state index in [1.54, 1.807) is 18.2 Å². The zero-order valence-corrected chi connectivity index (χ0v) is 12.3. The van der Waals surface area contributed by atoms with Crippen LogP contribution in [0.15, 0.2) is 24.3 Å². The first-order valence-electron chi connectivity index (χ1n) is 7.94. The predicted molar refractivity (Wildman–Crippen MR) is 81.7 cm³/mol. The molecule has 1 spiro atoms. The van der Waals surface area contributed by atoms with E-state index in [1.807, 2.05) is 6.07 Å². The fraction of sp³-hybridized carbons (Fsp3) is 0.625. The molecule has 5 heteroatoms. The third-order valence-electron chi connectivity index (χ3n) is 4.67. The first kappa shape index (κ1) is 14.9. The average Bonchev–Trinajstić information content (AvgIpc) is 2.48. The summed E-state index contributed by atoms with van der Waals surface area (Å²) in [5.74, 6) is 0.707. The van der Waals surface area contributed by atoms with E-state index in [2.05, 4.69) is 0 Å². The maximum atomic E-state index is 9.23. The Balaban J connectivity index is 1.65. The number of hydrogen-bond acceptors (Lipinski definition) is 4. The lowest BCUT2D eigenvalue weighted by Crippen LogP contribution is -2.45. The van der Waals surface area contributed by atoms with Gasteiger partial charge in [0.05, 0.1) is 12.2 Å². The van der Waals surface area contributed by atoms with Gasteiger partial charge in [-0.25, -0.2) is 0 Å². The number of benzene rings is 1. The van der Waals surface area contributed by atoms with E-state index in [1.165, 1.54) is 19.3 Å². The first-order valence-corrected chi connectivity index (χ1v) is 7.94. The third kappa shape index (κ3) is 3.60. The van der Waals surface area contributed by atoms with E-state index in [0.717, 1.165) is 32.3 Å². The molecular formula is C16H23BO4. The molecule has 0 aromatic heterocycles. The minimum atomic E-state index is -1.45. The summed E-state index contributed by atoms with van der Waals surface area (Å²) in [6.45, 7) is 0.757. The second kappa shape index (κ2) is 6.38. The van der Waals surface area contributed by atoms with E-state index >= 15 is 0 Å². The Hall–Kier alpha value is -1.04. The van der Waals surface area contributed by atoms with Crippen LogP contribution in [-0.4, -0.2) is 35.5 Å². The Morgan fingerprint density at radius 2 is 2.00 bits per heavy atom. The Labute approximate surface area is 126 Å². The van der Waals surface area contributed by atoms with Crippen LogP contribution in [-0.2, 0) is 4.74 Å². The molecule has 2 aliphatic rings. The second-order valence-corrected chi connectivity index (χ2v) is 6.27. The highest BCUT2D eigenvalue weighted by molar-refractivity contribution is 6.58. The van der Waals surface area contributed by atoms with Gasteiger partial charge in [-0.05, 0) is 30.4 Å². The van der Waals surface area contributed by atoms with E-state index in [-0.39, 0.29) is 11.7 Å². The Bertz CT molecular complexity index is 466. The van der Waals surface area contributed by atoms with Crippen LogP contribution < -0.4 is 10.2 Å². The van der Waals surface area contributed by atoms with Gasteiger partial charge in [0.15, 0.2) is 0 Å². The van der Waals surface area contributed by atoms with E-state index in [0.29, 0.717) is 11.2 Å². The van der Waals surface area contributed by atoms with Crippen molar-refractivity contribution in [3.8, 4) is 5.75 Å². The molecule has 1 unspecified atom stereocenters. The van der Waals surface area contributed by atoms with Gasteiger partial charge < -0.3 is 19.5 Å². The standard InChI is InChI=1S/C16H23BO4/c18-17(19)13-5-4-6-14(11-13)21-15-7-10-20-16(12-15)8-2-1-3-9-16/h4-6,11,15,18-19H,1-3,7-10,12H2. The summed E-state index contributed by atoms with van der Waals surface area (Å²) in [6.07, 6.45) is 8.09. The Morgan fingerprint density at radius 1 is 1.19 bits per heavy atom. The van der Waals surface area contributed by atoms with Crippen molar-refractivity contribution in [2.75, 3.05) is 6.61 Å². The molecule has 4 nitrogen and oxygen atoms in total. The van der Waals surface area contributed by atoms with Crippen LogP contribution in [0, 0.1) is 0 Å². The molecule has 1 saturated carbocycles. The average molecular weight is 290 g/mol. The van der Waals surface area contributed by atoms with Crippen LogP contribution in [0.3, 0.4) is 0 Å². The van der Waals surface area contributed by atoms with Crippen LogP contribution >= 0.6 is 0 Å². The molecule has 114 valence electrons. The van der Waals surface area contributed by atoms with Crippen LogP contribution in [0.25, 0.3) is 0 Å². The molecule has 0 bridgehead atoms. The van der Waals surface area contributed by atoms with Crippen molar-refractivity contribution >= 4 is 12.6 Å². The van der Waals surface area contributed by atoms with E-state index < -0.39 is 7.12 Å². The summed E-state index contributed by atoms with van der Waals surface area (Å²) < 4.78 is 12.1. The van der Waals surface area contributed by atoms with E-state index in [9.17, 15) is 10.0 Å². The van der Waals surface area contributed by atoms with Crippen molar-refractivity contribution in [2.45, 2.75) is 56.7 Å². The molecule has 0 radical (unpaired) electrons. The highest BCUT2D eigenvalue weighted by atomic mass is 16.5. The molecule has 1 saturated heterocycles. The van der Waals surface area contributed by atoms with Gasteiger partial charge in [0, 0.05) is 12.8 Å². The molecule has 21 heavy (non-hydrogen) atoms. The molecule has 1 aromatic carbocycles. The highest BCUT2D eigenvalue weighted by Gasteiger charge is 2.39. The molecule has 1 aromatic rings. The molecular weight excluding hydrogens is 267 g/mol. The number of ether oxygens (including phenoxy) is 2. The normalized spacial score (nSPS) is 24.8. The van der Waals surface area contributed by atoms with Crippen molar-refractivity contribution in [1.29, 1.82) is 0 Å². The minimum Gasteiger partial charge on any atom is -0.490 e. The summed E-state index contributed by atoms with van der Waals surface area (Å²) in [7, 11) is -1.45. The third-order valence-corrected chi connectivity index (χ3v) is 4.67. The maximum absolute atomic E-state index is 9.23. The van der Waals surface area contributed by atoms with Crippen LogP contribution in [0.2, 0.25) is 0 Å². The topological polar surface area (TPSA) is 58.9 Å². The van der Waals surface area contributed by atoms with Crippen molar-refractivity contribution in [3.05, 3.63) is 24.3 Å². The smallest absolute Gasteiger partial charge is 0.488 e. The summed E-state index contributed by atoms with van der Waals surface area (Å²) in [5.41, 5.74) is 0.488. The zero-order chi connectivity index (χ0) is 14.7. The van der Waals surface area contributed by atoms with Gasteiger partial charge in [0.25, 0.3) is 0 Å². The minimum absolute atomic E-state index is 0.0231. The van der Waals surface area contributed by atoms with Gasteiger partial charge in [-0.2, -0.15) is 0 Å². The van der Waals surface area contributed by atoms with Gasteiger partial charge >= 0.3 is 7.12 Å². The number of rotatable bonds is 3. The summed E-state index contributed by atoms with van der Waals surface area (Å²) >= 11 is 0. The van der Waals surface area contributed by atoms with Crippen molar-refractivity contribution in [1.82, 2.24) is 0 Å². The predicted octanol–water partition coefficient (Wildman–Crippen LogP) is 1.63. The second-order valence-electron chi connectivity index (χ2n) is 6.27. The Kier molecular flexibility index (Phi) is 4.52. The van der Waals surface area contributed by atoms with E-state index in [4.69, 9.17) is 9.47 Å². The van der Waals surface area contributed by atoms with Gasteiger partial charge in [0.2, 0.25) is 0 Å². The lowest BCUT2D eigenvalue weighted by Gasteiger charge is -2.43. The van der Waals surface area contributed by atoms with Crippen molar-refractivity contribution < 1.29 is 19.5 Å². The van der Waals surface area contributed by atoms with Crippen LogP contribution in [0.1, 0.15) is 44.9 Å². The van der Waals surface area contributed by atoms with Crippen LogP contribution in [0.4, 0.5) is 0 Å². The van der Waals surface area contributed by atoms with Gasteiger partial charge in [0.1, 0.15) is 11.9 Å². The lowest BCUT2D eigenvalue weighted by atomic mass is 9.79. The molecule has 1 aliphatic heterocycles.